The second-order valence-electron chi connectivity index (χ2n) is 8.85. The van der Waals surface area contributed by atoms with Gasteiger partial charge in [0.1, 0.15) is 11.6 Å². The van der Waals surface area contributed by atoms with Gasteiger partial charge in [-0.05, 0) is 79.9 Å². The zero-order valence-corrected chi connectivity index (χ0v) is 20.6. The van der Waals surface area contributed by atoms with Crippen LogP contribution in [0.15, 0.2) is 65.6 Å². The molecule has 0 saturated carbocycles. The van der Waals surface area contributed by atoms with Crippen LogP contribution in [0, 0.1) is 12.7 Å². The topological polar surface area (TPSA) is 70.7 Å². The first-order valence-corrected chi connectivity index (χ1v) is 12.7. The average molecular weight is 484 g/mol. The van der Waals surface area contributed by atoms with Crippen molar-refractivity contribution in [1.82, 2.24) is 5.32 Å². The highest BCUT2D eigenvalue weighted by molar-refractivity contribution is 7.92. The van der Waals surface area contributed by atoms with Crippen LogP contribution in [0.5, 0.6) is 5.75 Å². The predicted octanol–water partition coefficient (Wildman–Crippen LogP) is 4.80. The number of anilines is 2. The summed E-state index contributed by atoms with van der Waals surface area (Å²) >= 11 is 0. The first-order chi connectivity index (χ1) is 16.2. The number of sulfonamides is 1. The monoisotopic (exact) mass is 483 g/mol. The molecule has 2 N–H and O–H groups in total. The highest BCUT2D eigenvalue weighted by Crippen LogP contribution is 2.33. The number of benzene rings is 3. The second-order valence-corrected chi connectivity index (χ2v) is 10.5. The van der Waals surface area contributed by atoms with E-state index >= 15 is 0 Å². The van der Waals surface area contributed by atoms with E-state index in [-0.39, 0.29) is 10.7 Å². The number of nitrogens with zero attached hydrogens (tertiary/aromatic N) is 1. The van der Waals surface area contributed by atoms with Crippen molar-refractivity contribution in [2.75, 3.05) is 29.8 Å². The van der Waals surface area contributed by atoms with Crippen LogP contribution in [0.3, 0.4) is 0 Å². The van der Waals surface area contributed by atoms with Crippen molar-refractivity contribution >= 4 is 21.4 Å². The normalized spacial score (nSPS) is 18.6. The molecule has 4 rings (SSSR count). The molecule has 1 saturated heterocycles. The minimum atomic E-state index is -3.80. The number of hydrogen-bond acceptors (Lipinski definition) is 5. The molecule has 2 unspecified atom stereocenters. The van der Waals surface area contributed by atoms with E-state index in [1.807, 2.05) is 13.0 Å². The molecular weight excluding hydrogens is 453 g/mol. The first kappa shape index (κ1) is 24.0. The van der Waals surface area contributed by atoms with Crippen LogP contribution in [0.1, 0.15) is 19.4 Å². The number of ether oxygens (including phenoxy) is 1. The summed E-state index contributed by atoms with van der Waals surface area (Å²) < 4.78 is 47.8. The van der Waals surface area contributed by atoms with E-state index in [9.17, 15) is 12.8 Å². The summed E-state index contributed by atoms with van der Waals surface area (Å²) in [5.74, 6) is 0.400. The molecule has 1 aliphatic heterocycles. The molecule has 0 amide bonds. The van der Waals surface area contributed by atoms with Crippen LogP contribution in [0.4, 0.5) is 15.8 Å². The number of piperazine rings is 1. The summed E-state index contributed by atoms with van der Waals surface area (Å²) in [7, 11) is -2.19. The van der Waals surface area contributed by atoms with Crippen molar-refractivity contribution in [1.29, 1.82) is 0 Å². The molecule has 34 heavy (non-hydrogen) atoms. The van der Waals surface area contributed by atoms with Crippen LogP contribution in [-0.4, -0.2) is 40.7 Å². The minimum absolute atomic E-state index is 0.151. The van der Waals surface area contributed by atoms with E-state index < -0.39 is 10.0 Å². The van der Waals surface area contributed by atoms with Gasteiger partial charge < -0.3 is 15.0 Å². The van der Waals surface area contributed by atoms with Crippen LogP contribution in [-0.2, 0) is 10.0 Å². The molecule has 0 aromatic heterocycles. The highest BCUT2D eigenvalue weighted by atomic mass is 32.2. The third kappa shape index (κ3) is 5.18. The summed E-state index contributed by atoms with van der Waals surface area (Å²) in [6, 6.07) is 17.0. The molecule has 1 fully saturated rings. The lowest BCUT2D eigenvalue weighted by Crippen LogP contribution is -2.54. The summed E-state index contributed by atoms with van der Waals surface area (Å²) in [6.45, 7) is 7.66. The fourth-order valence-electron chi connectivity index (χ4n) is 4.50. The number of methoxy groups -OCH3 is 1. The van der Waals surface area contributed by atoms with Crippen LogP contribution < -0.4 is 19.7 Å². The molecule has 180 valence electrons. The molecule has 6 nitrogen and oxygen atoms in total. The molecule has 0 aliphatic carbocycles. The Hall–Kier alpha value is -3.10. The Morgan fingerprint density at radius 2 is 1.68 bits per heavy atom. The highest BCUT2D eigenvalue weighted by Gasteiger charge is 2.24. The van der Waals surface area contributed by atoms with E-state index in [0.717, 1.165) is 35.5 Å². The first-order valence-electron chi connectivity index (χ1n) is 11.2. The van der Waals surface area contributed by atoms with Crippen molar-refractivity contribution < 1.29 is 17.5 Å². The summed E-state index contributed by atoms with van der Waals surface area (Å²) in [4.78, 5) is 2.36. The third-order valence-corrected chi connectivity index (χ3v) is 7.39. The van der Waals surface area contributed by atoms with E-state index in [4.69, 9.17) is 4.74 Å². The predicted molar refractivity (Wildman–Crippen MR) is 135 cm³/mol. The van der Waals surface area contributed by atoms with Gasteiger partial charge in [0.15, 0.2) is 0 Å². The Morgan fingerprint density at radius 3 is 2.29 bits per heavy atom. The van der Waals surface area contributed by atoms with Crippen molar-refractivity contribution in [3.63, 3.8) is 0 Å². The molecule has 1 heterocycles. The summed E-state index contributed by atoms with van der Waals surface area (Å²) in [5.41, 5.74) is 3.79. The minimum Gasteiger partial charge on any atom is -0.495 e. The van der Waals surface area contributed by atoms with E-state index in [1.165, 1.54) is 12.1 Å². The van der Waals surface area contributed by atoms with Crippen molar-refractivity contribution in [2.24, 2.45) is 0 Å². The molecule has 3 aromatic rings. The summed E-state index contributed by atoms with van der Waals surface area (Å²) in [5, 5.41) is 3.50. The standard InChI is InChI=1S/C26H30FN3O3S/c1-17-13-21(27)7-11-24(17)20-5-9-23(10-6-20)34(31,32)29-22-8-12-26(33-4)25(14-22)30-15-18(2)28-19(3)16-30/h5-14,18-19,28-29H,15-16H2,1-4H3. The zero-order chi connectivity index (χ0) is 24.5. The molecule has 0 radical (unpaired) electrons. The summed E-state index contributed by atoms with van der Waals surface area (Å²) in [6.07, 6.45) is 0. The van der Waals surface area contributed by atoms with Gasteiger partial charge >= 0.3 is 0 Å². The fourth-order valence-corrected chi connectivity index (χ4v) is 5.55. The number of halogens is 1. The second kappa shape index (κ2) is 9.64. The van der Waals surface area contributed by atoms with Gasteiger partial charge in [-0.15, -0.1) is 0 Å². The number of aryl methyl sites for hydroxylation is 1. The molecule has 8 heteroatoms. The molecule has 1 aliphatic rings. The van der Waals surface area contributed by atoms with E-state index in [1.54, 1.807) is 49.6 Å². The Kier molecular flexibility index (Phi) is 6.81. The molecule has 3 aromatic carbocycles. The number of rotatable bonds is 6. The van der Waals surface area contributed by atoms with Crippen LogP contribution in [0.2, 0.25) is 0 Å². The average Bonchev–Trinajstić information content (AvgIpc) is 2.78. The van der Waals surface area contributed by atoms with Crippen LogP contribution in [0.25, 0.3) is 11.1 Å². The smallest absolute Gasteiger partial charge is 0.261 e. The zero-order valence-electron chi connectivity index (χ0n) is 19.8. The quantitative estimate of drug-likeness (QED) is 0.527. The third-order valence-electron chi connectivity index (χ3n) is 5.99. The van der Waals surface area contributed by atoms with E-state index in [0.29, 0.717) is 23.5 Å². The van der Waals surface area contributed by atoms with Crippen LogP contribution >= 0.6 is 0 Å². The maximum absolute atomic E-state index is 13.4. The van der Waals surface area contributed by atoms with Gasteiger partial charge in [-0.25, -0.2) is 12.8 Å². The van der Waals surface area contributed by atoms with Gasteiger partial charge in [-0.3, -0.25) is 4.72 Å². The van der Waals surface area contributed by atoms with Crippen molar-refractivity contribution in [3.05, 3.63) is 72.0 Å². The van der Waals surface area contributed by atoms with Gasteiger partial charge in [0.05, 0.1) is 23.4 Å². The molecule has 2 atom stereocenters. The lowest BCUT2D eigenvalue weighted by atomic mass is 10.0. The van der Waals surface area contributed by atoms with E-state index in [2.05, 4.69) is 28.8 Å². The Labute approximate surface area is 200 Å². The van der Waals surface area contributed by atoms with Gasteiger partial charge in [0.25, 0.3) is 10.0 Å². The lowest BCUT2D eigenvalue weighted by molar-refractivity contribution is 0.391. The Bertz CT molecular complexity index is 1270. The molecule has 0 spiro atoms. The van der Waals surface area contributed by atoms with Gasteiger partial charge in [0.2, 0.25) is 0 Å². The largest absolute Gasteiger partial charge is 0.495 e. The SMILES string of the molecule is COc1ccc(NS(=O)(=O)c2ccc(-c3ccc(F)cc3C)cc2)cc1N1CC(C)NC(C)C1. The maximum Gasteiger partial charge on any atom is 0.261 e. The Balaban J connectivity index is 1.58. The molecular formula is C26H30FN3O3S. The fraction of sp³-hybridized carbons (Fsp3) is 0.308. The van der Waals surface area contributed by atoms with Gasteiger partial charge in [-0.2, -0.15) is 0 Å². The lowest BCUT2D eigenvalue weighted by Gasteiger charge is -2.38. The number of nitrogens with one attached hydrogen (secondary N) is 2. The Morgan fingerprint density at radius 1 is 1.00 bits per heavy atom. The number of hydrogen-bond donors (Lipinski definition) is 2. The maximum atomic E-state index is 13.4. The van der Waals surface area contributed by atoms with Gasteiger partial charge in [-0.1, -0.05) is 18.2 Å². The van der Waals surface area contributed by atoms with Crippen molar-refractivity contribution in [2.45, 2.75) is 37.8 Å². The van der Waals surface area contributed by atoms with Gasteiger partial charge in [0, 0.05) is 25.2 Å². The van der Waals surface area contributed by atoms with Crippen molar-refractivity contribution in [3.8, 4) is 16.9 Å². The molecule has 0 bridgehead atoms.